The highest BCUT2D eigenvalue weighted by Gasteiger charge is 2.21. The van der Waals surface area contributed by atoms with Crippen molar-refractivity contribution >= 4 is 23.4 Å². The van der Waals surface area contributed by atoms with Crippen LogP contribution in [0.25, 0.3) is 0 Å². The maximum absolute atomic E-state index is 12.5. The number of hydrogen-bond donors (Lipinski definition) is 3. The Morgan fingerprint density at radius 2 is 2.00 bits per heavy atom. The topological polar surface area (TPSA) is 106 Å². The average molecular weight is 368 g/mol. The van der Waals surface area contributed by atoms with E-state index < -0.39 is 11.9 Å². The molecule has 0 spiro atoms. The zero-order chi connectivity index (χ0) is 19.2. The lowest BCUT2D eigenvalue weighted by Crippen LogP contribution is -2.22. The molecule has 3 rings (SSSR count). The molecule has 7 heteroatoms. The standard InChI is InChI=1S/C20H24N4O3/c1-27-17-11-13(12-18(21)25)8-9-16(17)23-20(26)24-19-15(7-4-10-22-19)14-5-2-3-6-14/h4,7-11,14H,2-3,5-6,12H2,1H3,(H2,21,25)(H2,22,23,24,26). The molecular weight excluding hydrogens is 344 g/mol. The summed E-state index contributed by atoms with van der Waals surface area (Å²) in [7, 11) is 1.50. The second-order valence-corrected chi connectivity index (χ2v) is 6.68. The van der Waals surface area contributed by atoms with Gasteiger partial charge in [-0.25, -0.2) is 9.78 Å². The van der Waals surface area contributed by atoms with Crippen molar-refractivity contribution in [1.29, 1.82) is 0 Å². The van der Waals surface area contributed by atoms with E-state index >= 15 is 0 Å². The number of urea groups is 1. The molecule has 142 valence electrons. The fraction of sp³-hybridized carbons (Fsp3) is 0.350. The summed E-state index contributed by atoms with van der Waals surface area (Å²) in [5, 5.41) is 5.62. The molecule has 1 saturated carbocycles. The van der Waals surface area contributed by atoms with Crippen molar-refractivity contribution in [3.63, 3.8) is 0 Å². The number of anilines is 2. The Labute approximate surface area is 158 Å². The molecule has 0 saturated heterocycles. The largest absolute Gasteiger partial charge is 0.495 e. The van der Waals surface area contributed by atoms with Crippen LogP contribution < -0.4 is 21.1 Å². The summed E-state index contributed by atoms with van der Waals surface area (Å²) < 4.78 is 5.31. The summed E-state index contributed by atoms with van der Waals surface area (Å²) in [6.07, 6.45) is 6.45. The number of carbonyl (C=O) groups excluding carboxylic acids is 2. The molecule has 0 atom stereocenters. The van der Waals surface area contributed by atoms with Crippen LogP contribution in [0.1, 0.15) is 42.7 Å². The van der Waals surface area contributed by atoms with E-state index in [4.69, 9.17) is 10.5 Å². The van der Waals surface area contributed by atoms with Gasteiger partial charge in [0.1, 0.15) is 11.6 Å². The molecular formula is C20H24N4O3. The van der Waals surface area contributed by atoms with Gasteiger partial charge < -0.3 is 15.8 Å². The highest BCUT2D eigenvalue weighted by molar-refractivity contribution is 6.00. The van der Waals surface area contributed by atoms with Crippen LogP contribution in [0.3, 0.4) is 0 Å². The van der Waals surface area contributed by atoms with Gasteiger partial charge in [-0.1, -0.05) is 25.0 Å². The van der Waals surface area contributed by atoms with Gasteiger partial charge in [-0.3, -0.25) is 10.1 Å². The Morgan fingerprint density at radius 3 is 2.70 bits per heavy atom. The van der Waals surface area contributed by atoms with E-state index in [2.05, 4.69) is 15.6 Å². The van der Waals surface area contributed by atoms with Gasteiger partial charge in [-0.05, 0) is 48.1 Å². The van der Waals surface area contributed by atoms with Crippen molar-refractivity contribution in [2.24, 2.45) is 5.73 Å². The van der Waals surface area contributed by atoms with Gasteiger partial charge in [0.05, 0.1) is 19.2 Å². The second kappa shape index (κ2) is 8.53. The van der Waals surface area contributed by atoms with Gasteiger partial charge in [-0.15, -0.1) is 0 Å². The third-order valence-electron chi connectivity index (χ3n) is 4.76. The number of nitrogens with two attached hydrogens (primary N) is 1. The number of aromatic nitrogens is 1. The highest BCUT2D eigenvalue weighted by Crippen LogP contribution is 2.37. The molecule has 0 bridgehead atoms. The first-order chi connectivity index (χ1) is 13.1. The summed E-state index contributed by atoms with van der Waals surface area (Å²) >= 11 is 0. The van der Waals surface area contributed by atoms with Gasteiger partial charge >= 0.3 is 6.03 Å². The number of rotatable bonds is 6. The Morgan fingerprint density at radius 1 is 1.22 bits per heavy atom. The lowest BCUT2D eigenvalue weighted by Gasteiger charge is -2.16. The van der Waals surface area contributed by atoms with E-state index in [0.717, 1.165) is 24.0 Å². The molecule has 1 aromatic carbocycles. The van der Waals surface area contributed by atoms with Crippen LogP contribution in [0.4, 0.5) is 16.3 Å². The molecule has 1 aliphatic carbocycles. The van der Waals surface area contributed by atoms with Crippen molar-refractivity contribution in [3.8, 4) is 5.75 Å². The molecule has 4 N–H and O–H groups in total. The van der Waals surface area contributed by atoms with Crippen LogP contribution in [0.5, 0.6) is 5.75 Å². The third kappa shape index (κ3) is 4.75. The summed E-state index contributed by atoms with van der Waals surface area (Å²) in [5.41, 5.74) is 7.52. The Balaban J connectivity index is 1.72. The molecule has 1 aromatic heterocycles. The quantitative estimate of drug-likeness (QED) is 0.726. The predicted molar refractivity (Wildman–Crippen MR) is 104 cm³/mol. The molecule has 1 heterocycles. The number of benzene rings is 1. The summed E-state index contributed by atoms with van der Waals surface area (Å²) in [4.78, 5) is 27.9. The summed E-state index contributed by atoms with van der Waals surface area (Å²) in [6.45, 7) is 0. The lowest BCUT2D eigenvalue weighted by molar-refractivity contribution is -0.117. The molecule has 7 nitrogen and oxygen atoms in total. The minimum atomic E-state index is -0.426. The Bertz CT molecular complexity index is 832. The van der Waals surface area contributed by atoms with Crippen molar-refractivity contribution in [3.05, 3.63) is 47.7 Å². The first-order valence-electron chi connectivity index (χ1n) is 9.05. The first-order valence-corrected chi connectivity index (χ1v) is 9.05. The van der Waals surface area contributed by atoms with Crippen LogP contribution >= 0.6 is 0 Å². The molecule has 2 aromatic rings. The van der Waals surface area contributed by atoms with Gasteiger partial charge in [0.25, 0.3) is 0 Å². The van der Waals surface area contributed by atoms with E-state index in [9.17, 15) is 9.59 Å². The van der Waals surface area contributed by atoms with E-state index in [0.29, 0.717) is 23.2 Å². The highest BCUT2D eigenvalue weighted by atomic mass is 16.5. The fourth-order valence-corrected chi connectivity index (χ4v) is 3.50. The van der Waals surface area contributed by atoms with Crippen molar-refractivity contribution in [2.45, 2.75) is 38.0 Å². The smallest absolute Gasteiger partial charge is 0.324 e. The number of ether oxygens (including phenoxy) is 1. The van der Waals surface area contributed by atoms with E-state index in [1.54, 1.807) is 24.4 Å². The van der Waals surface area contributed by atoms with E-state index in [1.165, 1.54) is 20.0 Å². The molecule has 0 unspecified atom stereocenters. The summed E-state index contributed by atoms with van der Waals surface area (Å²) in [5.74, 6) is 1.06. The zero-order valence-electron chi connectivity index (χ0n) is 15.3. The first kappa shape index (κ1) is 18.7. The normalized spacial score (nSPS) is 14.0. The number of nitrogens with one attached hydrogen (secondary N) is 2. The molecule has 0 aliphatic heterocycles. The van der Waals surface area contributed by atoms with Gasteiger partial charge in [0.2, 0.25) is 5.91 Å². The van der Waals surface area contributed by atoms with Crippen molar-refractivity contribution in [1.82, 2.24) is 4.98 Å². The predicted octanol–water partition coefficient (Wildman–Crippen LogP) is 3.42. The van der Waals surface area contributed by atoms with Crippen LogP contribution in [0, 0.1) is 0 Å². The van der Waals surface area contributed by atoms with Crippen LogP contribution in [0.15, 0.2) is 36.5 Å². The van der Waals surface area contributed by atoms with E-state index in [1.807, 2.05) is 12.1 Å². The van der Waals surface area contributed by atoms with Crippen LogP contribution in [-0.2, 0) is 11.2 Å². The number of methoxy groups -OCH3 is 1. The lowest BCUT2D eigenvalue weighted by atomic mass is 9.98. The van der Waals surface area contributed by atoms with Gasteiger partial charge in [0.15, 0.2) is 0 Å². The molecule has 0 radical (unpaired) electrons. The zero-order valence-corrected chi connectivity index (χ0v) is 15.3. The maximum Gasteiger partial charge on any atom is 0.324 e. The molecule has 1 fully saturated rings. The molecule has 27 heavy (non-hydrogen) atoms. The number of primary amides is 1. The molecule has 1 aliphatic rings. The average Bonchev–Trinajstić information content (AvgIpc) is 3.17. The van der Waals surface area contributed by atoms with E-state index in [-0.39, 0.29) is 6.42 Å². The monoisotopic (exact) mass is 368 g/mol. The number of nitrogens with zero attached hydrogens (tertiary/aromatic N) is 1. The van der Waals surface area contributed by atoms with Crippen LogP contribution in [0.2, 0.25) is 0 Å². The maximum atomic E-state index is 12.5. The Hall–Kier alpha value is -3.09. The number of amides is 3. The number of carbonyl (C=O) groups is 2. The second-order valence-electron chi connectivity index (χ2n) is 6.68. The minimum Gasteiger partial charge on any atom is -0.495 e. The van der Waals surface area contributed by atoms with Gasteiger partial charge in [-0.2, -0.15) is 0 Å². The number of pyridine rings is 1. The molecule has 3 amide bonds. The third-order valence-corrected chi connectivity index (χ3v) is 4.76. The van der Waals surface area contributed by atoms with Crippen LogP contribution in [-0.4, -0.2) is 24.0 Å². The fourth-order valence-electron chi connectivity index (χ4n) is 3.50. The summed E-state index contributed by atoms with van der Waals surface area (Å²) in [6, 6.07) is 8.63. The number of hydrogen-bond acceptors (Lipinski definition) is 4. The van der Waals surface area contributed by atoms with Crippen molar-refractivity contribution < 1.29 is 14.3 Å². The minimum absolute atomic E-state index is 0.113. The Kier molecular flexibility index (Phi) is 5.90. The van der Waals surface area contributed by atoms with Gasteiger partial charge in [0, 0.05) is 6.20 Å². The SMILES string of the molecule is COc1cc(CC(N)=O)ccc1NC(=O)Nc1ncccc1C1CCCC1. The van der Waals surface area contributed by atoms with Crippen molar-refractivity contribution in [2.75, 3.05) is 17.7 Å².